The first-order valence-electron chi connectivity index (χ1n) is 6.16. The van der Waals surface area contributed by atoms with Gasteiger partial charge in [0, 0.05) is 17.4 Å². The molecule has 3 aromatic rings. The molecule has 20 heavy (non-hydrogen) atoms. The van der Waals surface area contributed by atoms with E-state index in [-0.39, 0.29) is 0 Å². The van der Waals surface area contributed by atoms with Gasteiger partial charge < -0.3 is 0 Å². The van der Waals surface area contributed by atoms with Gasteiger partial charge in [-0.05, 0) is 17.7 Å². The fourth-order valence-corrected chi connectivity index (χ4v) is 3.12. The number of thiazole rings is 1. The zero-order valence-electron chi connectivity index (χ0n) is 10.5. The van der Waals surface area contributed by atoms with Crippen molar-refractivity contribution in [1.82, 2.24) is 4.98 Å². The molecule has 0 fully saturated rings. The topological polar surface area (TPSA) is 12.9 Å². The molecule has 0 unspecified atom stereocenters. The van der Waals surface area contributed by atoms with Crippen molar-refractivity contribution in [2.75, 3.05) is 0 Å². The second kappa shape index (κ2) is 5.96. The Morgan fingerprint density at radius 1 is 0.950 bits per heavy atom. The Labute approximate surface area is 131 Å². The number of rotatable bonds is 3. The third-order valence-corrected chi connectivity index (χ3v) is 4.55. The molecule has 0 saturated carbocycles. The highest BCUT2D eigenvalue weighted by Crippen LogP contribution is 2.26. The Hall–Kier alpha value is -1.35. The third kappa shape index (κ3) is 3.04. The highest BCUT2D eigenvalue weighted by Gasteiger charge is 2.06. The smallest absolute Gasteiger partial charge is 0.0976 e. The van der Waals surface area contributed by atoms with Gasteiger partial charge in [-0.25, -0.2) is 4.98 Å². The number of nitrogens with zero attached hydrogens (tertiary/aromatic N) is 1. The van der Waals surface area contributed by atoms with Crippen LogP contribution in [0.1, 0.15) is 10.6 Å². The largest absolute Gasteiger partial charge is 0.241 e. The van der Waals surface area contributed by atoms with Crippen LogP contribution >= 0.6 is 34.5 Å². The van der Waals surface area contributed by atoms with Crippen molar-refractivity contribution >= 4 is 34.5 Å². The van der Waals surface area contributed by atoms with Gasteiger partial charge in [0.2, 0.25) is 0 Å². The lowest BCUT2D eigenvalue weighted by Gasteiger charge is -2.00. The van der Waals surface area contributed by atoms with Gasteiger partial charge in [0.25, 0.3) is 0 Å². The maximum Gasteiger partial charge on any atom is 0.0976 e. The Balaban J connectivity index is 1.82. The van der Waals surface area contributed by atoms with Crippen LogP contribution in [-0.2, 0) is 6.42 Å². The van der Waals surface area contributed by atoms with E-state index in [1.54, 1.807) is 11.3 Å². The lowest BCUT2D eigenvalue weighted by atomic mass is 10.1. The van der Waals surface area contributed by atoms with Gasteiger partial charge >= 0.3 is 0 Å². The standard InChI is InChI=1S/C16H11Cl2NS/c17-13-7-6-11(8-14(13)18)9-16-19-15(10-20-16)12-4-2-1-3-5-12/h1-8,10H,9H2. The van der Waals surface area contributed by atoms with Crippen LogP contribution in [0.25, 0.3) is 11.3 Å². The molecular weight excluding hydrogens is 309 g/mol. The first-order chi connectivity index (χ1) is 9.72. The van der Waals surface area contributed by atoms with Crippen molar-refractivity contribution in [3.05, 3.63) is 74.5 Å². The van der Waals surface area contributed by atoms with Crippen LogP contribution in [0, 0.1) is 0 Å². The Morgan fingerprint density at radius 2 is 1.75 bits per heavy atom. The maximum absolute atomic E-state index is 6.03. The zero-order chi connectivity index (χ0) is 13.9. The van der Waals surface area contributed by atoms with Crippen LogP contribution in [0.5, 0.6) is 0 Å². The summed E-state index contributed by atoms with van der Waals surface area (Å²) in [5, 5.41) is 4.33. The van der Waals surface area contributed by atoms with Crippen LogP contribution in [-0.4, -0.2) is 4.98 Å². The minimum Gasteiger partial charge on any atom is -0.241 e. The summed E-state index contributed by atoms with van der Waals surface area (Å²) in [4.78, 5) is 4.67. The summed E-state index contributed by atoms with van der Waals surface area (Å²) < 4.78 is 0. The number of aromatic nitrogens is 1. The van der Waals surface area contributed by atoms with E-state index in [4.69, 9.17) is 23.2 Å². The molecule has 0 atom stereocenters. The van der Waals surface area contributed by atoms with Crippen LogP contribution in [0.3, 0.4) is 0 Å². The average molecular weight is 320 g/mol. The van der Waals surface area contributed by atoms with Crippen molar-refractivity contribution in [2.45, 2.75) is 6.42 Å². The molecule has 1 heterocycles. The molecule has 4 heteroatoms. The van der Waals surface area contributed by atoms with Crippen LogP contribution in [0.15, 0.2) is 53.9 Å². The maximum atomic E-state index is 6.03. The summed E-state index contributed by atoms with van der Waals surface area (Å²) in [5.74, 6) is 0. The molecule has 0 aliphatic carbocycles. The van der Waals surface area contributed by atoms with Crippen molar-refractivity contribution < 1.29 is 0 Å². The van der Waals surface area contributed by atoms with E-state index in [9.17, 15) is 0 Å². The molecular formula is C16H11Cl2NS. The summed E-state index contributed by atoms with van der Waals surface area (Å²) in [7, 11) is 0. The molecule has 1 aromatic heterocycles. The molecule has 0 N–H and O–H groups in total. The SMILES string of the molecule is Clc1ccc(Cc2nc(-c3ccccc3)cs2)cc1Cl. The van der Waals surface area contributed by atoms with Gasteiger partial charge in [0.15, 0.2) is 0 Å². The first-order valence-corrected chi connectivity index (χ1v) is 7.80. The average Bonchev–Trinajstić information content (AvgIpc) is 2.92. The molecule has 2 aromatic carbocycles. The highest BCUT2D eigenvalue weighted by molar-refractivity contribution is 7.10. The van der Waals surface area contributed by atoms with E-state index in [2.05, 4.69) is 22.5 Å². The van der Waals surface area contributed by atoms with Crippen molar-refractivity contribution in [3.8, 4) is 11.3 Å². The zero-order valence-corrected chi connectivity index (χ0v) is 12.8. The quantitative estimate of drug-likeness (QED) is 0.602. The van der Waals surface area contributed by atoms with E-state index in [1.165, 1.54) is 0 Å². The third-order valence-electron chi connectivity index (χ3n) is 2.96. The lowest BCUT2D eigenvalue weighted by Crippen LogP contribution is -1.88. The molecule has 0 aliphatic heterocycles. The second-order valence-electron chi connectivity index (χ2n) is 4.42. The highest BCUT2D eigenvalue weighted by atomic mass is 35.5. The summed E-state index contributed by atoms with van der Waals surface area (Å²) >= 11 is 13.6. The summed E-state index contributed by atoms with van der Waals surface area (Å²) in [6.45, 7) is 0. The predicted molar refractivity (Wildman–Crippen MR) is 86.8 cm³/mol. The predicted octanol–water partition coefficient (Wildman–Crippen LogP) is 5.71. The van der Waals surface area contributed by atoms with Crippen molar-refractivity contribution in [2.24, 2.45) is 0 Å². The van der Waals surface area contributed by atoms with Crippen molar-refractivity contribution in [1.29, 1.82) is 0 Å². The van der Waals surface area contributed by atoms with E-state index in [1.807, 2.05) is 36.4 Å². The number of benzene rings is 2. The second-order valence-corrected chi connectivity index (χ2v) is 6.17. The normalized spacial score (nSPS) is 10.7. The van der Waals surface area contributed by atoms with Crippen LogP contribution < -0.4 is 0 Å². The Kier molecular flexibility index (Phi) is 4.06. The monoisotopic (exact) mass is 319 g/mol. The molecule has 0 bridgehead atoms. The fraction of sp³-hybridized carbons (Fsp3) is 0.0625. The molecule has 1 nitrogen and oxygen atoms in total. The number of hydrogen-bond acceptors (Lipinski definition) is 2. The van der Waals surface area contributed by atoms with E-state index >= 15 is 0 Å². The van der Waals surface area contributed by atoms with Gasteiger partial charge in [0.1, 0.15) is 0 Å². The van der Waals surface area contributed by atoms with E-state index in [0.717, 1.165) is 28.2 Å². The summed E-state index contributed by atoms with van der Waals surface area (Å²) in [5.41, 5.74) is 3.28. The van der Waals surface area contributed by atoms with Crippen LogP contribution in [0.2, 0.25) is 10.0 Å². The Bertz CT molecular complexity index is 722. The van der Waals surface area contributed by atoms with Gasteiger partial charge in [0.05, 0.1) is 20.7 Å². The summed E-state index contributed by atoms with van der Waals surface area (Å²) in [6.07, 6.45) is 0.772. The molecule has 3 rings (SSSR count). The Morgan fingerprint density at radius 3 is 2.50 bits per heavy atom. The molecule has 0 radical (unpaired) electrons. The van der Waals surface area contributed by atoms with E-state index < -0.39 is 0 Å². The fourth-order valence-electron chi connectivity index (χ4n) is 1.96. The van der Waals surface area contributed by atoms with Gasteiger partial charge in [-0.3, -0.25) is 0 Å². The first kappa shape index (κ1) is 13.6. The van der Waals surface area contributed by atoms with Gasteiger partial charge in [-0.1, -0.05) is 59.6 Å². The number of halogens is 2. The molecule has 0 aliphatic rings. The van der Waals surface area contributed by atoms with Crippen LogP contribution in [0.4, 0.5) is 0 Å². The minimum atomic E-state index is 0.583. The molecule has 0 saturated heterocycles. The molecule has 0 spiro atoms. The summed E-state index contributed by atoms with van der Waals surface area (Å²) in [6, 6.07) is 15.9. The van der Waals surface area contributed by atoms with Gasteiger partial charge in [-0.2, -0.15) is 0 Å². The minimum absolute atomic E-state index is 0.583. The molecule has 0 amide bonds. The lowest BCUT2D eigenvalue weighted by molar-refractivity contribution is 1.14. The number of hydrogen-bond donors (Lipinski definition) is 0. The van der Waals surface area contributed by atoms with E-state index in [0.29, 0.717) is 10.0 Å². The molecule has 100 valence electrons. The van der Waals surface area contributed by atoms with Crippen molar-refractivity contribution in [3.63, 3.8) is 0 Å². The van der Waals surface area contributed by atoms with Gasteiger partial charge in [-0.15, -0.1) is 11.3 Å².